The van der Waals surface area contributed by atoms with Gasteiger partial charge in [-0.15, -0.1) is 0 Å². The van der Waals surface area contributed by atoms with Crippen LogP contribution < -0.4 is 9.62 Å². The van der Waals surface area contributed by atoms with Crippen molar-refractivity contribution in [2.24, 2.45) is 5.92 Å². The molecule has 0 unspecified atom stereocenters. The van der Waals surface area contributed by atoms with Crippen LogP contribution in [0.5, 0.6) is 0 Å². The Morgan fingerprint density at radius 3 is 2.11 bits per heavy atom. The topological polar surface area (TPSA) is 90.0 Å². The Kier molecular flexibility index (Phi) is 10.3. The van der Waals surface area contributed by atoms with Crippen molar-refractivity contribution in [2.45, 2.75) is 46.7 Å². The Morgan fingerprint density at radius 2 is 1.57 bits per heavy atom. The Morgan fingerprint density at radius 1 is 0.971 bits per heavy atom. The van der Waals surface area contributed by atoms with E-state index in [2.05, 4.69) is 5.32 Å². The van der Waals surface area contributed by atoms with E-state index in [4.69, 9.17) is 0 Å². The largest absolute Gasteiger partial charge is 0.354 e. The van der Waals surface area contributed by atoms with Crippen molar-refractivity contribution in [1.29, 1.82) is 0 Å². The Bertz CT molecular complexity index is 1090. The maximum Gasteiger partial charge on any atom is 0.304 e. The smallest absolute Gasteiger partial charge is 0.304 e. The van der Waals surface area contributed by atoms with Gasteiger partial charge in [0.1, 0.15) is 12.6 Å². The summed E-state index contributed by atoms with van der Waals surface area (Å²) in [6.07, 6.45) is 0.396. The first-order valence-corrected chi connectivity index (χ1v) is 13.3. The van der Waals surface area contributed by atoms with E-state index in [1.165, 1.54) is 19.0 Å². The molecule has 1 atom stereocenters. The molecule has 0 radical (unpaired) electrons. The number of nitrogens with one attached hydrogen (secondary N) is 1. The molecule has 0 aliphatic rings. The zero-order valence-electron chi connectivity index (χ0n) is 21.6. The zero-order valence-corrected chi connectivity index (χ0v) is 22.4. The predicted molar refractivity (Wildman–Crippen MR) is 140 cm³/mol. The summed E-state index contributed by atoms with van der Waals surface area (Å²) in [5.74, 6) is -0.435. The van der Waals surface area contributed by atoms with Gasteiger partial charge in [0, 0.05) is 27.2 Å². The molecule has 2 aromatic carbocycles. The molecule has 0 saturated heterocycles. The fourth-order valence-electron chi connectivity index (χ4n) is 3.62. The van der Waals surface area contributed by atoms with Crippen molar-refractivity contribution in [2.75, 3.05) is 31.5 Å². The zero-order chi connectivity index (χ0) is 26.2. The fraction of sp³-hybridized carbons (Fsp3) is 0.462. The Labute approximate surface area is 210 Å². The van der Waals surface area contributed by atoms with E-state index in [-0.39, 0.29) is 18.4 Å². The lowest BCUT2D eigenvalue weighted by atomic mass is 10.1. The molecule has 8 nitrogen and oxygen atoms in total. The van der Waals surface area contributed by atoms with Crippen LogP contribution in [0.15, 0.2) is 54.6 Å². The number of carbonyl (C=O) groups excluding carboxylic acids is 2. The van der Waals surface area contributed by atoms with Gasteiger partial charge >= 0.3 is 10.2 Å². The summed E-state index contributed by atoms with van der Waals surface area (Å²) in [6, 6.07) is 15.4. The normalized spacial score (nSPS) is 12.5. The van der Waals surface area contributed by atoms with Crippen molar-refractivity contribution in [3.8, 4) is 0 Å². The maximum atomic E-state index is 13.8. The highest BCUT2D eigenvalue weighted by atomic mass is 32.2. The first-order chi connectivity index (χ1) is 16.5. The monoisotopic (exact) mass is 502 g/mol. The number of hydrogen-bond acceptors (Lipinski definition) is 4. The standard InChI is InChI=1S/C26H38N4O4S/c1-7-24(26(32)27-17-20(2)3)29(18-22-14-12-11-13-21(22)4)25(31)19-30(35(33,34)28(5)6)23-15-9-8-10-16-23/h8-16,20,24H,7,17-19H2,1-6H3,(H,27,32)/t24-/m0/s1. The van der Waals surface area contributed by atoms with Gasteiger partial charge in [-0.1, -0.05) is 63.2 Å². The minimum absolute atomic E-state index is 0.198. The quantitative estimate of drug-likeness (QED) is 0.483. The van der Waals surface area contributed by atoms with E-state index < -0.39 is 28.7 Å². The van der Waals surface area contributed by atoms with Gasteiger partial charge < -0.3 is 10.2 Å². The second-order valence-electron chi connectivity index (χ2n) is 9.14. The fourth-order valence-corrected chi connectivity index (χ4v) is 4.68. The lowest BCUT2D eigenvalue weighted by Crippen LogP contribution is -2.53. The van der Waals surface area contributed by atoms with Gasteiger partial charge in [-0.05, 0) is 42.5 Å². The van der Waals surface area contributed by atoms with Crippen LogP contribution in [-0.4, -0.2) is 62.7 Å². The number of aryl methyl sites for hydroxylation is 1. The third-order valence-electron chi connectivity index (χ3n) is 5.74. The van der Waals surface area contributed by atoms with Crippen molar-refractivity contribution in [3.63, 3.8) is 0 Å². The summed E-state index contributed by atoms with van der Waals surface area (Å²) >= 11 is 0. The molecule has 2 rings (SSSR count). The summed E-state index contributed by atoms with van der Waals surface area (Å²) < 4.78 is 28.5. The van der Waals surface area contributed by atoms with Crippen LogP contribution in [0.1, 0.15) is 38.3 Å². The third kappa shape index (κ3) is 7.53. The van der Waals surface area contributed by atoms with E-state index in [1.54, 1.807) is 30.3 Å². The van der Waals surface area contributed by atoms with Crippen LogP contribution in [0.4, 0.5) is 5.69 Å². The highest BCUT2D eigenvalue weighted by Crippen LogP contribution is 2.21. The molecule has 1 N–H and O–H groups in total. The number of para-hydroxylation sites is 1. The van der Waals surface area contributed by atoms with Gasteiger partial charge in [0.15, 0.2) is 0 Å². The summed E-state index contributed by atoms with van der Waals surface area (Å²) in [5.41, 5.74) is 2.27. The van der Waals surface area contributed by atoms with Crippen LogP contribution in [0.25, 0.3) is 0 Å². The lowest BCUT2D eigenvalue weighted by Gasteiger charge is -2.34. The number of benzene rings is 2. The molecule has 192 valence electrons. The van der Waals surface area contributed by atoms with Gasteiger partial charge in [-0.3, -0.25) is 9.59 Å². The molecule has 35 heavy (non-hydrogen) atoms. The molecule has 0 aliphatic carbocycles. The molecule has 0 saturated carbocycles. The van der Waals surface area contributed by atoms with Gasteiger partial charge in [-0.2, -0.15) is 12.7 Å². The molecule has 0 aliphatic heterocycles. The number of carbonyl (C=O) groups is 2. The Balaban J connectivity index is 2.47. The number of amides is 2. The van der Waals surface area contributed by atoms with Gasteiger partial charge in [-0.25, -0.2) is 4.31 Å². The molecule has 9 heteroatoms. The van der Waals surface area contributed by atoms with Crippen molar-refractivity contribution in [1.82, 2.24) is 14.5 Å². The van der Waals surface area contributed by atoms with Crippen molar-refractivity contribution >= 4 is 27.7 Å². The molecule has 0 bridgehead atoms. The first-order valence-electron chi connectivity index (χ1n) is 11.9. The first kappa shape index (κ1) is 28.3. The average Bonchev–Trinajstić information content (AvgIpc) is 2.82. The van der Waals surface area contributed by atoms with E-state index in [0.29, 0.717) is 18.7 Å². The highest BCUT2D eigenvalue weighted by Gasteiger charge is 2.33. The van der Waals surface area contributed by atoms with Crippen LogP contribution >= 0.6 is 0 Å². The second kappa shape index (κ2) is 12.7. The van der Waals surface area contributed by atoms with E-state index in [9.17, 15) is 18.0 Å². The van der Waals surface area contributed by atoms with Crippen LogP contribution in [-0.2, 0) is 26.3 Å². The highest BCUT2D eigenvalue weighted by molar-refractivity contribution is 7.90. The van der Waals surface area contributed by atoms with Crippen LogP contribution in [0.2, 0.25) is 0 Å². The van der Waals surface area contributed by atoms with Gasteiger partial charge in [0.2, 0.25) is 11.8 Å². The molecule has 0 spiro atoms. The summed E-state index contributed by atoms with van der Waals surface area (Å²) in [7, 11) is -1.11. The predicted octanol–water partition coefficient (Wildman–Crippen LogP) is 3.19. The average molecular weight is 503 g/mol. The molecular weight excluding hydrogens is 464 g/mol. The lowest BCUT2D eigenvalue weighted by molar-refractivity contribution is -0.140. The molecule has 0 heterocycles. The number of rotatable bonds is 12. The number of nitrogens with zero attached hydrogens (tertiary/aromatic N) is 3. The van der Waals surface area contributed by atoms with Crippen LogP contribution in [0.3, 0.4) is 0 Å². The van der Waals surface area contributed by atoms with Gasteiger partial charge in [0.05, 0.1) is 5.69 Å². The maximum absolute atomic E-state index is 13.8. The van der Waals surface area contributed by atoms with Crippen molar-refractivity contribution in [3.05, 3.63) is 65.7 Å². The summed E-state index contributed by atoms with van der Waals surface area (Å²) in [6.45, 7) is 8.07. The van der Waals surface area contributed by atoms with E-state index in [0.717, 1.165) is 19.7 Å². The van der Waals surface area contributed by atoms with E-state index in [1.807, 2.05) is 52.0 Å². The third-order valence-corrected chi connectivity index (χ3v) is 7.56. The van der Waals surface area contributed by atoms with Crippen molar-refractivity contribution < 1.29 is 18.0 Å². The van der Waals surface area contributed by atoms with Gasteiger partial charge in [0.25, 0.3) is 0 Å². The summed E-state index contributed by atoms with van der Waals surface area (Å²) in [4.78, 5) is 28.4. The Hall–Kier alpha value is -2.91. The number of hydrogen-bond donors (Lipinski definition) is 1. The van der Waals surface area contributed by atoms with Crippen LogP contribution in [0, 0.1) is 12.8 Å². The minimum atomic E-state index is -3.96. The summed E-state index contributed by atoms with van der Waals surface area (Å²) in [5, 5.41) is 2.93. The number of anilines is 1. The van der Waals surface area contributed by atoms with E-state index >= 15 is 0 Å². The SMILES string of the molecule is CC[C@@H](C(=O)NCC(C)C)N(Cc1ccccc1C)C(=O)CN(c1ccccc1)S(=O)(=O)N(C)C. The molecule has 2 aromatic rings. The minimum Gasteiger partial charge on any atom is -0.354 e. The molecule has 0 fully saturated rings. The molecule has 0 aromatic heterocycles. The molecule has 2 amide bonds. The second-order valence-corrected chi connectivity index (χ2v) is 11.2. The molecular formula is C26H38N4O4S.